The van der Waals surface area contributed by atoms with E-state index in [1.54, 1.807) is 12.1 Å². The second-order valence-electron chi connectivity index (χ2n) is 5.77. The summed E-state index contributed by atoms with van der Waals surface area (Å²) in [4.78, 5) is 14.5. The molecule has 0 atom stereocenters. The van der Waals surface area contributed by atoms with Crippen LogP contribution in [0.25, 0.3) is 0 Å². The highest BCUT2D eigenvalue weighted by molar-refractivity contribution is 6.06. The molecule has 0 aliphatic carbocycles. The molecule has 0 aliphatic heterocycles. The van der Waals surface area contributed by atoms with Crippen LogP contribution in [0.4, 0.5) is 5.69 Å². The van der Waals surface area contributed by atoms with E-state index in [-0.39, 0.29) is 12.5 Å². The molecule has 0 spiro atoms. The number of aliphatic hydroxyl groups excluding tert-OH is 1. The van der Waals surface area contributed by atoms with E-state index in [2.05, 4.69) is 5.32 Å². The van der Waals surface area contributed by atoms with E-state index in [1.807, 2.05) is 55.4 Å². The van der Waals surface area contributed by atoms with Crippen LogP contribution < -0.4 is 10.1 Å². The molecule has 2 aromatic rings. The molecule has 128 valence electrons. The zero-order valence-electron chi connectivity index (χ0n) is 14.2. The monoisotopic (exact) mass is 328 g/mol. The van der Waals surface area contributed by atoms with E-state index in [0.29, 0.717) is 30.0 Å². The molecule has 5 heteroatoms. The Morgan fingerprint density at radius 3 is 2.50 bits per heavy atom. The Kier molecular flexibility index (Phi) is 6.78. The molecular formula is C19H24N2O3. The van der Waals surface area contributed by atoms with Crippen molar-refractivity contribution in [2.24, 2.45) is 0 Å². The van der Waals surface area contributed by atoms with E-state index in [1.165, 1.54) is 0 Å². The third kappa shape index (κ3) is 5.37. The molecular weight excluding hydrogens is 304 g/mol. The average Bonchev–Trinajstić information content (AvgIpc) is 2.57. The Hall–Kier alpha value is -2.37. The van der Waals surface area contributed by atoms with Crippen LogP contribution in [0.3, 0.4) is 0 Å². The Labute approximate surface area is 142 Å². The lowest BCUT2D eigenvalue weighted by Gasteiger charge is -2.14. The van der Waals surface area contributed by atoms with Crippen LogP contribution in [-0.2, 0) is 6.42 Å². The first-order chi connectivity index (χ1) is 11.6. The van der Waals surface area contributed by atoms with Crippen LogP contribution in [0.1, 0.15) is 15.9 Å². The third-order valence-electron chi connectivity index (χ3n) is 3.54. The zero-order chi connectivity index (χ0) is 17.4. The highest BCUT2D eigenvalue weighted by Gasteiger charge is 2.12. The quantitative estimate of drug-likeness (QED) is 0.781. The summed E-state index contributed by atoms with van der Waals surface area (Å²) in [6, 6.07) is 14.7. The van der Waals surface area contributed by atoms with Gasteiger partial charge < -0.3 is 20.1 Å². The number of ether oxygens (including phenoxy) is 1. The van der Waals surface area contributed by atoms with Crippen molar-refractivity contribution in [2.45, 2.75) is 6.42 Å². The number of likely N-dealkylation sites (N-methyl/N-ethyl adjacent to an activating group) is 1. The van der Waals surface area contributed by atoms with Gasteiger partial charge in [0.1, 0.15) is 12.4 Å². The topological polar surface area (TPSA) is 61.8 Å². The third-order valence-corrected chi connectivity index (χ3v) is 3.54. The number of hydrogen-bond donors (Lipinski definition) is 2. The minimum atomic E-state index is -0.203. The lowest BCUT2D eigenvalue weighted by molar-refractivity contribution is 0.102. The van der Waals surface area contributed by atoms with E-state index >= 15 is 0 Å². The van der Waals surface area contributed by atoms with Crippen LogP contribution in [0.2, 0.25) is 0 Å². The van der Waals surface area contributed by atoms with Gasteiger partial charge in [-0.05, 0) is 50.3 Å². The van der Waals surface area contributed by atoms with Crippen molar-refractivity contribution in [1.29, 1.82) is 0 Å². The first kappa shape index (κ1) is 18.0. The number of benzene rings is 2. The van der Waals surface area contributed by atoms with Gasteiger partial charge in [0.15, 0.2) is 0 Å². The van der Waals surface area contributed by atoms with Crippen molar-refractivity contribution < 1.29 is 14.6 Å². The fourth-order valence-electron chi connectivity index (χ4n) is 2.20. The summed E-state index contributed by atoms with van der Waals surface area (Å²) in [5.74, 6) is 0.374. The Bertz CT molecular complexity index is 654. The van der Waals surface area contributed by atoms with E-state index in [9.17, 15) is 4.79 Å². The molecule has 5 nitrogen and oxygen atoms in total. The first-order valence-corrected chi connectivity index (χ1v) is 7.98. The van der Waals surface area contributed by atoms with Crippen molar-refractivity contribution >= 4 is 11.6 Å². The van der Waals surface area contributed by atoms with E-state index < -0.39 is 0 Å². The Balaban J connectivity index is 2.03. The van der Waals surface area contributed by atoms with Crippen molar-refractivity contribution in [2.75, 3.05) is 39.2 Å². The summed E-state index contributed by atoms with van der Waals surface area (Å²) in [5.41, 5.74) is 2.25. The number of nitrogens with zero attached hydrogens (tertiary/aromatic N) is 1. The van der Waals surface area contributed by atoms with Crippen molar-refractivity contribution in [3.63, 3.8) is 0 Å². The Morgan fingerprint density at radius 2 is 1.83 bits per heavy atom. The van der Waals surface area contributed by atoms with Gasteiger partial charge in [0.25, 0.3) is 5.91 Å². The normalized spacial score (nSPS) is 10.7. The fraction of sp³-hybridized carbons (Fsp3) is 0.316. The standard InChI is InChI=1S/C19H24N2O3/c1-21(2)12-14-24-18-6-4-3-5-17(18)19(23)20-16-9-7-15(8-10-16)11-13-22/h3-10,22H,11-14H2,1-2H3,(H,20,23). The SMILES string of the molecule is CN(C)CCOc1ccccc1C(=O)Nc1ccc(CCO)cc1. The lowest BCUT2D eigenvalue weighted by atomic mass is 10.1. The molecule has 0 saturated heterocycles. The molecule has 0 radical (unpaired) electrons. The van der Waals surface area contributed by atoms with Gasteiger partial charge in [0, 0.05) is 18.8 Å². The summed E-state index contributed by atoms with van der Waals surface area (Å²) >= 11 is 0. The maximum absolute atomic E-state index is 12.5. The van der Waals surface area contributed by atoms with Crippen LogP contribution in [-0.4, -0.2) is 49.8 Å². The predicted octanol–water partition coefficient (Wildman–Crippen LogP) is 2.41. The highest BCUT2D eigenvalue weighted by atomic mass is 16.5. The van der Waals surface area contributed by atoms with Crippen molar-refractivity contribution in [3.8, 4) is 5.75 Å². The van der Waals surface area contributed by atoms with Gasteiger partial charge in [-0.1, -0.05) is 24.3 Å². The van der Waals surface area contributed by atoms with Gasteiger partial charge in [-0.3, -0.25) is 4.79 Å². The predicted molar refractivity (Wildman–Crippen MR) is 95.7 cm³/mol. The molecule has 0 unspecified atom stereocenters. The minimum absolute atomic E-state index is 0.114. The molecule has 1 amide bonds. The number of rotatable bonds is 8. The fourth-order valence-corrected chi connectivity index (χ4v) is 2.20. The Morgan fingerprint density at radius 1 is 1.12 bits per heavy atom. The second kappa shape index (κ2) is 9.05. The summed E-state index contributed by atoms with van der Waals surface area (Å²) < 4.78 is 5.73. The molecule has 0 bridgehead atoms. The van der Waals surface area contributed by atoms with Crippen LogP contribution >= 0.6 is 0 Å². The van der Waals surface area contributed by atoms with E-state index in [0.717, 1.165) is 12.1 Å². The number of aliphatic hydroxyl groups is 1. The van der Waals surface area contributed by atoms with Crippen molar-refractivity contribution in [3.05, 3.63) is 59.7 Å². The number of carbonyl (C=O) groups is 1. The smallest absolute Gasteiger partial charge is 0.259 e. The van der Waals surface area contributed by atoms with Crippen LogP contribution in [0, 0.1) is 0 Å². The molecule has 2 N–H and O–H groups in total. The van der Waals surface area contributed by atoms with Gasteiger partial charge in [0.05, 0.1) is 5.56 Å². The molecule has 0 fully saturated rings. The lowest BCUT2D eigenvalue weighted by Crippen LogP contribution is -2.20. The van der Waals surface area contributed by atoms with Gasteiger partial charge in [-0.15, -0.1) is 0 Å². The van der Waals surface area contributed by atoms with E-state index in [4.69, 9.17) is 9.84 Å². The van der Waals surface area contributed by atoms with Gasteiger partial charge in [-0.2, -0.15) is 0 Å². The molecule has 0 heterocycles. The number of para-hydroxylation sites is 1. The summed E-state index contributed by atoms with van der Waals surface area (Å²) in [7, 11) is 3.95. The van der Waals surface area contributed by atoms with Crippen molar-refractivity contribution in [1.82, 2.24) is 4.90 Å². The van der Waals surface area contributed by atoms with Crippen LogP contribution in [0.5, 0.6) is 5.75 Å². The van der Waals surface area contributed by atoms with Gasteiger partial charge in [-0.25, -0.2) is 0 Å². The first-order valence-electron chi connectivity index (χ1n) is 7.98. The molecule has 0 aromatic heterocycles. The summed E-state index contributed by atoms with van der Waals surface area (Å²) in [6.45, 7) is 1.42. The minimum Gasteiger partial charge on any atom is -0.491 e. The zero-order valence-corrected chi connectivity index (χ0v) is 14.2. The van der Waals surface area contributed by atoms with Crippen LogP contribution in [0.15, 0.2) is 48.5 Å². The largest absolute Gasteiger partial charge is 0.491 e. The molecule has 0 saturated carbocycles. The number of amides is 1. The molecule has 24 heavy (non-hydrogen) atoms. The molecule has 2 rings (SSSR count). The van der Waals surface area contributed by atoms with Gasteiger partial charge >= 0.3 is 0 Å². The number of carbonyl (C=O) groups excluding carboxylic acids is 1. The summed E-state index contributed by atoms with van der Waals surface area (Å²) in [5, 5.41) is 11.8. The summed E-state index contributed by atoms with van der Waals surface area (Å²) in [6.07, 6.45) is 0.608. The average molecular weight is 328 g/mol. The molecule has 2 aromatic carbocycles. The molecule has 0 aliphatic rings. The maximum Gasteiger partial charge on any atom is 0.259 e. The highest BCUT2D eigenvalue weighted by Crippen LogP contribution is 2.20. The number of anilines is 1. The number of nitrogens with one attached hydrogen (secondary N) is 1. The second-order valence-corrected chi connectivity index (χ2v) is 5.77. The maximum atomic E-state index is 12.5. The van der Waals surface area contributed by atoms with Gasteiger partial charge in [0.2, 0.25) is 0 Å². The number of hydrogen-bond acceptors (Lipinski definition) is 4.